The SMILES string of the molecule is Cn1nc(C(C)(C)NC(=O)C2[C@H]3CNC[C@@H]23)c2ccccc21.O=C(O)CCC(=O)O. The molecule has 2 aromatic rings. The largest absolute Gasteiger partial charge is 0.481 e. The number of aryl methyl sites for hydroxylation is 1. The molecule has 2 aliphatic rings. The predicted octanol–water partition coefficient (Wildman–Crippen LogP) is 1.33. The van der Waals surface area contributed by atoms with Crippen LogP contribution in [0.1, 0.15) is 32.4 Å². The van der Waals surface area contributed by atoms with Gasteiger partial charge in [0.1, 0.15) is 0 Å². The van der Waals surface area contributed by atoms with E-state index in [0.717, 1.165) is 29.7 Å². The van der Waals surface area contributed by atoms with E-state index in [1.807, 2.05) is 37.7 Å². The van der Waals surface area contributed by atoms with E-state index in [2.05, 4.69) is 27.9 Å². The van der Waals surface area contributed by atoms with Crippen molar-refractivity contribution in [2.24, 2.45) is 24.8 Å². The first kappa shape index (κ1) is 21.8. The van der Waals surface area contributed by atoms with E-state index in [1.165, 1.54) is 0 Å². The summed E-state index contributed by atoms with van der Waals surface area (Å²) < 4.78 is 1.88. The van der Waals surface area contributed by atoms with Crippen LogP contribution < -0.4 is 10.6 Å². The fourth-order valence-corrected chi connectivity index (χ4v) is 4.15. The Bertz CT molecular complexity index is 943. The minimum Gasteiger partial charge on any atom is -0.481 e. The molecule has 0 radical (unpaired) electrons. The zero-order chi connectivity index (χ0) is 22.1. The van der Waals surface area contributed by atoms with Gasteiger partial charge < -0.3 is 20.8 Å². The molecular weight excluding hydrogens is 388 g/mol. The summed E-state index contributed by atoms with van der Waals surface area (Å²) in [4.78, 5) is 31.9. The highest BCUT2D eigenvalue weighted by atomic mass is 16.4. The molecule has 1 unspecified atom stereocenters. The lowest BCUT2D eigenvalue weighted by molar-refractivity contribution is -0.143. The Hall–Kier alpha value is -2.94. The number of piperidine rings is 1. The van der Waals surface area contributed by atoms with Crippen LogP contribution in [-0.2, 0) is 27.0 Å². The number of fused-ring (bicyclic) bond motifs is 2. The number of nitrogens with zero attached hydrogens (tertiary/aromatic N) is 2. The molecule has 1 aliphatic carbocycles. The van der Waals surface area contributed by atoms with Gasteiger partial charge in [-0.15, -0.1) is 0 Å². The van der Waals surface area contributed by atoms with Crippen molar-refractivity contribution >= 4 is 28.7 Å². The molecule has 1 aromatic heterocycles. The molecule has 1 aliphatic heterocycles. The lowest BCUT2D eigenvalue weighted by Gasteiger charge is -2.25. The minimum absolute atomic E-state index is 0.177. The molecule has 2 fully saturated rings. The molecule has 9 nitrogen and oxygen atoms in total. The molecule has 0 bridgehead atoms. The van der Waals surface area contributed by atoms with Gasteiger partial charge in [0.05, 0.1) is 29.6 Å². The molecule has 1 aromatic carbocycles. The number of nitrogens with one attached hydrogen (secondary N) is 2. The summed E-state index contributed by atoms with van der Waals surface area (Å²) in [6.07, 6.45) is -0.593. The summed E-state index contributed by atoms with van der Waals surface area (Å²) in [5, 5.41) is 28.1. The summed E-state index contributed by atoms with van der Waals surface area (Å²) in [5.74, 6) is -0.709. The Morgan fingerprint density at radius 2 is 1.70 bits per heavy atom. The predicted molar refractivity (Wildman–Crippen MR) is 110 cm³/mol. The van der Waals surface area contributed by atoms with Crippen LogP contribution in [0.15, 0.2) is 24.3 Å². The second kappa shape index (κ2) is 8.43. The summed E-state index contributed by atoms with van der Waals surface area (Å²) in [5.41, 5.74) is 1.55. The molecule has 9 heteroatoms. The van der Waals surface area contributed by atoms with Gasteiger partial charge in [0.25, 0.3) is 0 Å². The third kappa shape index (κ3) is 4.62. The fourth-order valence-electron chi connectivity index (χ4n) is 4.15. The van der Waals surface area contributed by atoms with E-state index in [4.69, 9.17) is 10.2 Å². The summed E-state index contributed by atoms with van der Waals surface area (Å²) in [6, 6.07) is 8.15. The van der Waals surface area contributed by atoms with E-state index in [-0.39, 0.29) is 24.7 Å². The maximum Gasteiger partial charge on any atom is 0.303 e. The highest BCUT2D eigenvalue weighted by Crippen LogP contribution is 2.49. The molecular formula is C21H28N4O5. The molecule has 2 heterocycles. The van der Waals surface area contributed by atoms with Gasteiger partial charge in [-0.3, -0.25) is 19.1 Å². The first-order valence-electron chi connectivity index (χ1n) is 10.0. The van der Waals surface area contributed by atoms with Crippen molar-refractivity contribution in [1.82, 2.24) is 20.4 Å². The number of rotatable bonds is 6. The van der Waals surface area contributed by atoms with Crippen LogP contribution in [0.4, 0.5) is 0 Å². The zero-order valence-electron chi connectivity index (χ0n) is 17.4. The van der Waals surface area contributed by atoms with Crippen LogP contribution in [0.3, 0.4) is 0 Å². The number of hydrogen-bond donors (Lipinski definition) is 4. The first-order valence-corrected chi connectivity index (χ1v) is 10.0. The van der Waals surface area contributed by atoms with Gasteiger partial charge in [-0.1, -0.05) is 18.2 Å². The number of hydrogen-bond acceptors (Lipinski definition) is 5. The molecule has 0 spiro atoms. The number of aliphatic carboxylic acids is 2. The van der Waals surface area contributed by atoms with Crippen LogP contribution in [-0.4, -0.2) is 50.9 Å². The number of carbonyl (C=O) groups excluding carboxylic acids is 1. The number of aromatic nitrogens is 2. The molecule has 162 valence electrons. The van der Waals surface area contributed by atoms with Crippen LogP contribution >= 0.6 is 0 Å². The van der Waals surface area contributed by atoms with Crippen LogP contribution in [0.2, 0.25) is 0 Å². The Kier molecular flexibility index (Phi) is 6.12. The van der Waals surface area contributed by atoms with Crippen molar-refractivity contribution in [1.29, 1.82) is 0 Å². The van der Waals surface area contributed by atoms with Crippen molar-refractivity contribution < 1.29 is 24.6 Å². The van der Waals surface area contributed by atoms with Gasteiger partial charge in [0.2, 0.25) is 5.91 Å². The van der Waals surface area contributed by atoms with Gasteiger partial charge >= 0.3 is 11.9 Å². The maximum absolute atomic E-state index is 12.6. The van der Waals surface area contributed by atoms with Crippen molar-refractivity contribution in [3.63, 3.8) is 0 Å². The van der Waals surface area contributed by atoms with Crippen molar-refractivity contribution in [3.8, 4) is 0 Å². The second-order valence-electron chi connectivity index (χ2n) is 8.40. The summed E-state index contributed by atoms with van der Waals surface area (Å²) in [6.45, 7) is 6.04. The van der Waals surface area contributed by atoms with Crippen LogP contribution in [0, 0.1) is 17.8 Å². The molecule has 1 saturated heterocycles. The quantitative estimate of drug-likeness (QED) is 0.558. The highest BCUT2D eigenvalue weighted by molar-refractivity contribution is 5.86. The molecule has 4 rings (SSSR count). The number of carboxylic acid groups (broad SMARTS) is 2. The minimum atomic E-state index is -1.08. The van der Waals surface area contributed by atoms with Gasteiger partial charge in [-0.25, -0.2) is 0 Å². The normalized spacial score (nSPS) is 22.0. The highest BCUT2D eigenvalue weighted by Gasteiger charge is 2.57. The lowest BCUT2D eigenvalue weighted by atomic mass is 9.96. The Labute approximate surface area is 174 Å². The van der Waals surface area contributed by atoms with Gasteiger partial charge in [-0.05, 0) is 44.8 Å². The maximum atomic E-state index is 12.6. The van der Waals surface area contributed by atoms with Gasteiger partial charge in [0.15, 0.2) is 0 Å². The average molecular weight is 416 g/mol. The second-order valence-corrected chi connectivity index (χ2v) is 8.40. The average Bonchev–Trinajstić information content (AvgIpc) is 2.98. The van der Waals surface area contributed by atoms with Crippen molar-refractivity contribution in [2.45, 2.75) is 32.2 Å². The molecule has 30 heavy (non-hydrogen) atoms. The molecule has 1 amide bonds. The number of benzene rings is 1. The first-order chi connectivity index (χ1) is 14.1. The Balaban J connectivity index is 0.000000275. The third-order valence-corrected chi connectivity index (χ3v) is 5.73. The Morgan fingerprint density at radius 1 is 1.13 bits per heavy atom. The topological polar surface area (TPSA) is 134 Å². The van der Waals surface area contributed by atoms with Gasteiger partial charge in [0, 0.05) is 18.4 Å². The van der Waals surface area contributed by atoms with Gasteiger partial charge in [-0.2, -0.15) is 5.10 Å². The summed E-state index contributed by atoms with van der Waals surface area (Å²) >= 11 is 0. The van der Waals surface area contributed by atoms with E-state index in [1.54, 1.807) is 0 Å². The number of carbonyl (C=O) groups is 3. The summed E-state index contributed by atoms with van der Waals surface area (Å²) in [7, 11) is 1.95. The lowest BCUT2D eigenvalue weighted by Crippen LogP contribution is -2.43. The smallest absolute Gasteiger partial charge is 0.303 e. The third-order valence-electron chi connectivity index (χ3n) is 5.73. The number of para-hydroxylation sites is 1. The number of amides is 1. The fraction of sp³-hybridized carbons (Fsp3) is 0.524. The van der Waals surface area contributed by atoms with E-state index < -0.39 is 17.5 Å². The number of carboxylic acids is 2. The van der Waals surface area contributed by atoms with Crippen molar-refractivity contribution in [2.75, 3.05) is 13.1 Å². The zero-order valence-corrected chi connectivity index (χ0v) is 17.4. The van der Waals surface area contributed by atoms with Crippen LogP contribution in [0.25, 0.3) is 10.9 Å². The molecule has 4 N–H and O–H groups in total. The molecule has 1 saturated carbocycles. The van der Waals surface area contributed by atoms with E-state index >= 15 is 0 Å². The van der Waals surface area contributed by atoms with E-state index in [9.17, 15) is 14.4 Å². The van der Waals surface area contributed by atoms with Crippen LogP contribution in [0.5, 0.6) is 0 Å². The molecule has 3 atom stereocenters. The standard InChI is InChI=1S/C17H22N4O.C4H6O4/c1-17(2,19-16(22)14-11-8-18-9-12(11)14)15-10-6-4-5-7-13(10)21(3)20-15;5-3(6)1-2-4(7)8/h4-7,11-12,14,18H,8-9H2,1-3H3,(H,19,22);1-2H2,(H,5,6)(H,7,8)/t11-,12+,14?;. The monoisotopic (exact) mass is 416 g/mol. The van der Waals surface area contributed by atoms with Crippen molar-refractivity contribution in [3.05, 3.63) is 30.0 Å². The Morgan fingerprint density at radius 3 is 2.27 bits per heavy atom. The van der Waals surface area contributed by atoms with E-state index in [0.29, 0.717) is 11.8 Å².